The van der Waals surface area contributed by atoms with Crippen LogP contribution < -0.4 is 4.74 Å². The molecule has 11 heavy (non-hydrogen) atoms. The van der Waals surface area contributed by atoms with Gasteiger partial charge in [-0.3, -0.25) is 0 Å². The highest BCUT2D eigenvalue weighted by molar-refractivity contribution is 7.18. The Labute approximate surface area is 77.7 Å². The van der Waals surface area contributed by atoms with Crippen molar-refractivity contribution in [2.24, 2.45) is 0 Å². The van der Waals surface area contributed by atoms with E-state index in [4.69, 9.17) is 23.2 Å². The number of hydrogen-bond donors (Lipinski definition) is 0. The summed E-state index contributed by atoms with van der Waals surface area (Å²) < 4.78 is 5.19. The molecule has 0 bridgehead atoms. The lowest BCUT2D eigenvalue weighted by molar-refractivity contribution is 0.227. The molecule has 0 aliphatic rings. The Morgan fingerprint density at radius 2 is 2.36 bits per heavy atom. The zero-order valence-electron chi connectivity index (χ0n) is 5.56. The highest BCUT2D eigenvalue weighted by Gasteiger charge is 2.06. The molecule has 0 aliphatic carbocycles. The van der Waals surface area contributed by atoms with Crippen molar-refractivity contribution in [1.82, 2.24) is 0 Å². The molecule has 0 aromatic carbocycles. The van der Waals surface area contributed by atoms with Crippen molar-refractivity contribution in [2.75, 3.05) is 0 Å². The predicted octanol–water partition coefficient (Wildman–Crippen LogP) is 3.45. The molecule has 5 heteroatoms. The van der Waals surface area contributed by atoms with Gasteiger partial charge in [-0.05, 0) is 18.6 Å². The van der Waals surface area contributed by atoms with E-state index in [0.717, 1.165) is 5.56 Å². The smallest absolute Gasteiger partial charge is 0.403 e. The average Bonchev–Trinajstić information content (AvgIpc) is 2.10. The molecule has 0 saturated carbocycles. The third kappa shape index (κ3) is 2.36. The maximum Gasteiger partial charge on any atom is 0.409 e. The highest BCUT2D eigenvalue weighted by atomic mass is 35.5. The monoisotopic (exact) mass is 210 g/mol. The summed E-state index contributed by atoms with van der Waals surface area (Å²) in [5.74, 6) is 0. The van der Waals surface area contributed by atoms with E-state index in [1.807, 2.05) is 6.92 Å². The second kappa shape index (κ2) is 3.43. The van der Waals surface area contributed by atoms with Crippen molar-refractivity contribution in [3.8, 4) is 5.06 Å². The van der Waals surface area contributed by atoms with Gasteiger partial charge in [-0.25, -0.2) is 4.79 Å². The Morgan fingerprint density at radius 1 is 1.73 bits per heavy atom. The Hall–Kier alpha value is -0.250. The molecule has 0 spiro atoms. The fraction of sp³-hybridized carbons (Fsp3) is 0.167. The summed E-state index contributed by atoms with van der Waals surface area (Å²) in [7, 11) is 0. The molecule has 0 N–H and O–H groups in total. The zero-order chi connectivity index (χ0) is 8.43. The Morgan fingerprint density at radius 3 is 2.73 bits per heavy atom. The fourth-order valence-corrected chi connectivity index (χ4v) is 1.72. The zero-order valence-corrected chi connectivity index (χ0v) is 7.89. The number of aryl methyl sites for hydroxylation is 1. The van der Waals surface area contributed by atoms with Gasteiger partial charge in [-0.1, -0.05) is 22.9 Å². The van der Waals surface area contributed by atoms with Crippen LogP contribution in [0.1, 0.15) is 5.56 Å². The van der Waals surface area contributed by atoms with Gasteiger partial charge in [0.15, 0.2) is 5.06 Å². The second-order valence-corrected chi connectivity index (χ2v) is 3.79. The van der Waals surface area contributed by atoms with Crippen LogP contribution >= 0.6 is 34.5 Å². The number of carbonyl (C=O) groups is 1. The first-order chi connectivity index (χ1) is 5.09. The molecule has 0 fully saturated rings. The van der Waals surface area contributed by atoms with Gasteiger partial charge in [0.25, 0.3) is 0 Å². The predicted molar refractivity (Wildman–Crippen MR) is 45.9 cm³/mol. The van der Waals surface area contributed by atoms with Crippen molar-refractivity contribution in [2.45, 2.75) is 6.92 Å². The second-order valence-electron chi connectivity index (χ2n) is 1.86. The summed E-state index contributed by atoms with van der Waals surface area (Å²) in [5, 5.41) is 0.424. The van der Waals surface area contributed by atoms with E-state index < -0.39 is 5.43 Å². The van der Waals surface area contributed by atoms with E-state index in [9.17, 15) is 4.79 Å². The summed E-state index contributed by atoms with van der Waals surface area (Å²) in [5.41, 5.74) is 0.0347. The van der Waals surface area contributed by atoms with Crippen LogP contribution in [0.25, 0.3) is 0 Å². The van der Waals surface area contributed by atoms with Gasteiger partial charge < -0.3 is 4.74 Å². The van der Waals surface area contributed by atoms with Crippen molar-refractivity contribution >= 4 is 40.0 Å². The molecular weight excluding hydrogens is 207 g/mol. The van der Waals surface area contributed by atoms with E-state index in [2.05, 4.69) is 4.74 Å². The third-order valence-corrected chi connectivity index (χ3v) is 2.53. The van der Waals surface area contributed by atoms with Crippen molar-refractivity contribution in [1.29, 1.82) is 0 Å². The first-order valence-corrected chi connectivity index (χ1v) is 4.30. The molecule has 1 heterocycles. The van der Waals surface area contributed by atoms with E-state index in [-0.39, 0.29) is 0 Å². The van der Waals surface area contributed by atoms with Gasteiger partial charge >= 0.3 is 5.43 Å². The van der Waals surface area contributed by atoms with Crippen LogP contribution in [0.5, 0.6) is 5.06 Å². The number of rotatable bonds is 1. The van der Waals surface area contributed by atoms with Gasteiger partial charge in [0, 0.05) is 11.6 Å². The molecule has 60 valence electrons. The molecule has 0 atom stereocenters. The lowest BCUT2D eigenvalue weighted by Gasteiger charge is -1.90. The van der Waals surface area contributed by atoms with Crippen LogP contribution in [-0.4, -0.2) is 5.43 Å². The summed E-state index contributed by atoms with van der Waals surface area (Å²) in [4.78, 5) is 10.2. The number of ether oxygens (including phenoxy) is 1. The molecule has 0 unspecified atom stereocenters. The first kappa shape index (κ1) is 8.84. The van der Waals surface area contributed by atoms with Crippen molar-refractivity contribution in [3.63, 3.8) is 0 Å². The number of hydrogen-bond acceptors (Lipinski definition) is 3. The van der Waals surface area contributed by atoms with E-state index in [1.54, 1.807) is 6.07 Å². The third-order valence-electron chi connectivity index (χ3n) is 1.02. The van der Waals surface area contributed by atoms with Gasteiger partial charge in [0.2, 0.25) is 0 Å². The SMILES string of the molecule is Cc1cc(OC(=O)Cl)sc1Cl. The Balaban J connectivity index is 2.81. The van der Waals surface area contributed by atoms with Crippen LogP contribution in [0.4, 0.5) is 4.79 Å². The van der Waals surface area contributed by atoms with E-state index in [0.29, 0.717) is 9.40 Å². The topological polar surface area (TPSA) is 26.3 Å². The number of carbonyl (C=O) groups excluding carboxylic acids is 1. The molecular formula is C6H4Cl2O2S. The van der Waals surface area contributed by atoms with E-state index >= 15 is 0 Å². The van der Waals surface area contributed by atoms with Gasteiger partial charge in [-0.15, -0.1) is 0 Å². The Kier molecular flexibility index (Phi) is 2.76. The number of thiophene rings is 1. The molecule has 2 nitrogen and oxygen atoms in total. The summed E-state index contributed by atoms with van der Waals surface area (Å²) in [6.07, 6.45) is 0. The average molecular weight is 211 g/mol. The normalized spacial score (nSPS) is 9.73. The molecule has 0 aliphatic heterocycles. The quantitative estimate of drug-likeness (QED) is 0.665. The van der Waals surface area contributed by atoms with Gasteiger partial charge in [0.05, 0.1) is 4.34 Å². The Bertz CT molecular complexity index is 263. The first-order valence-electron chi connectivity index (χ1n) is 2.73. The fourth-order valence-electron chi connectivity index (χ4n) is 0.561. The standard InChI is InChI=1S/C6H4Cl2O2S/c1-3-2-4(10-6(8)9)11-5(3)7/h2H,1H3. The largest absolute Gasteiger partial charge is 0.409 e. The van der Waals surface area contributed by atoms with Crippen LogP contribution in [0.3, 0.4) is 0 Å². The molecule has 1 aromatic rings. The molecule has 0 saturated heterocycles. The van der Waals surface area contributed by atoms with E-state index in [1.165, 1.54) is 11.3 Å². The molecule has 0 amide bonds. The highest BCUT2D eigenvalue weighted by Crippen LogP contribution is 2.32. The van der Waals surface area contributed by atoms with Crippen LogP contribution in [-0.2, 0) is 0 Å². The lowest BCUT2D eigenvalue weighted by Crippen LogP contribution is -1.92. The van der Waals surface area contributed by atoms with Gasteiger partial charge in [0.1, 0.15) is 0 Å². The van der Waals surface area contributed by atoms with Crippen LogP contribution in [0.2, 0.25) is 4.34 Å². The van der Waals surface area contributed by atoms with Gasteiger partial charge in [-0.2, -0.15) is 0 Å². The van der Waals surface area contributed by atoms with Crippen molar-refractivity contribution < 1.29 is 9.53 Å². The van der Waals surface area contributed by atoms with Crippen LogP contribution in [0.15, 0.2) is 6.07 Å². The summed E-state index contributed by atoms with van der Waals surface area (Å²) in [6, 6.07) is 1.66. The minimum Gasteiger partial charge on any atom is -0.403 e. The summed E-state index contributed by atoms with van der Waals surface area (Å²) >= 11 is 11.9. The van der Waals surface area contributed by atoms with Crippen LogP contribution in [0, 0.1) is 6.92 Å². The minimum absolute atomic E-state index is 0.424. The lowest BCUT2D eigenvalue weighted by atomic mass is 10.4. The van der Waals surface area contributed by atoms with Crippen molar-refractivity contribution in [3.05, 3.63) is 16.0 Å². The maximum atomic E-state index is 10.2. The minimum atomic E-state index is -0.845. The number of halogens is 2. The summed E-state index contributed by atoms with van der Waals surface area (Å²) in [6.45, 7) is 1.82. The maximum absolute atomic E-state index is 10.2. The molecule has 1 aromatic heterocycles. The molecule has 0 radical (unpaired) electrons. The molecule has 1 rings (SSSR count).